The zero-order chi connectivity index (χ0) is 20.6. The molecular formula is C20H17F3N4O2. The SMILES string of the molecule is O=C(c1cccnc1)N1CCC[C@H](c2cc3nc(C(F)(F)F)ccc3c(=O)[nH]2)C1. The van der Waals surface area contributed by atoms with Gasteiger partial charge in [0.05, 0.1) is 16.5 Å². The third-order valence-electron chi connectivity index (χ3n) is 5.07. The highest BCUT2D eigenvalue weighted by Gasteiger charge is 2.33. The van der Waals surface area contributed by atoms with Crippen LogP contribution in [0.5, 0.6) is 0 Å². The highest BCUT2D eigenvalue weighted by molar-refractivity contribution is 5.94. The van der Waals surface area contributed by atoms with Crippen LogP contribution >= 0.6 is 0 Å². The van der Waals surface area contributed by atoms with Crippen molar-refractivity contribution in [3.8, 4) is 0 Å². The molecule has 0 unspecified atom stereocenters. The number of nitrogens with zero attached hydrogens (tertiary/aromatic N) is 3. The first-order valence-electron chi connectivity index (χ1n) is 9.13. The molecule has 4 heterocycles. The topological polar surface area (TPSA) is 79.0 Å². The molecule has 0 radical (unpaired) electrons. The van der Waals surface area contributed by atoms with Crippen LogP contribution in [0.15, 0.2) is 47.5 Å². The monoisotopic (exact) mass is 402 g/mol. The Morgan fingerprint density at radius 3 is 2.79 bits per heavy atom. The van der Waals surface area contributed by atoms with E-state index < -0.39 is 17.4 Å². The Balaban J connectivity index is 1.65. The van der Waals surface area contributed by atoms with Gasteiger partial charge in [0.1, 0.15) is 5.69 Å². The van der Waals surface area contributed by atoms with Gasteiger partial charge < -0.3 is 9.88 Å². The number of carbonyl (C=O) groups excluding carboxylic acids is 1. The Morgan fingerprint density at radius 1 is 1.24 bits per heavy atom. The molecule has 1 fully saturated rings. The van der Waals surface area contributed by atoms with E-state index in [-0.39, 0.29) is 22.7 Å². The molecule has 4 rings (SSSR count). The minimum atomic E-state index is -4.59. The standard InChI is InChI=1S/C20H17F3N4O2/c21-20(22,23)17-6-5-14-16(25-17)9-15(26-18(14)28)13-4-2-8-27(11-13)19(29)12-3-1-7-24-10-12/h1,3,5-7,9-10,13H,2,4,8,11H2,(H,26,28)/t13-/m0/s1. The average molecular weight is 402 g/mol. The van der Waals surface area contributed by atoms with Crippen molar-refractivity contribution in [2.75, 3.05) is 13.1 Å². The molecule has 1 aliphatic rings. The van der Waals surface area contributed by atoms with Crippen LogP contribution in [-0.4, -0.2) is 38.8 Å². The van der Waals surface area contributed by atoms with E-state index in [1.165, 1.54) is 12.3 Å². The van der Waals surface area contributed by atoms with Gasteiger partial charge in [0.2, 0.25) is 0 Å². The third-order valence-corrected chi connectivity index (χ3v) is 5.07. The van der Waals surface area contributed by atoms with Gasteiger partial charge in [-0.05, 0) is 43.2 Å². The van der Waals surface area contributed by atoms with Crippen LogP contribution in [0.3, 0.4) is 0 Å². The van der Waals surface area contributed by atoms with Gasteiger partial charge in [-0.2, -0.15) is 13.2 Å². The summed E-state index contributed by atoms with van der Waals surface area (Å²) in [6.07, 6.45) is -0.0943. The lowest BCUT2D eigenvalue weighted by molar-refractivity contribution is -0.140. The molecular weight excluding hydrogens is 385 g/mol. The Morgan fingerprint density at radius 2 is 2.07 bits per heavy atom. The molecule has 9 heteroatoms. The zero-order valence-electron chi connectivity index (χ0n) is 15.2. The second-order valence-corrected chi connectivity index (χ2v) is 7.01. The number of alkyl halides is 3. The molecule has 0 aromatic carbocycles. The fourth-order valence-electron chi connectivity index (χ4n) is 3.62. The number of carbonyl (C=O) groups is 1. The molecule has 29 heavy (non-hydrogen) atoms. The number of piperidine rings is 1. The number of hydrogen-bond donors (Lipinski definition) is 1. The smallest absolute Gasteiger partial charge is 0.338 e. The van der Waals surface area contributed by atoms with E-state index in [0.29, 0.717) is 37.2 Å². The van der Waals surface area contributed by atoms with Gasteiger partial charge >= 0.3 is 6.18 Å². The molecule has 1 atom stereocenters. The van der Waals surface area contributed by atoms with Crippen molar-refractivity contribution in [1.29, 1.82) is 0 Å². The quantitative estimate of drug-likeness (QED) is 0.713. The molecule has 0 spiro atoms. The third kappa shape index (κ3) is 3.85. The summed E-state index contributed by atoms with van der Waals surface area (Å²) < 4.78 is 38.9. The van der Waals surface area contributed by atoms with Gasteiger partial charge in [-0.25, -0.2) is 4.98 Å². The van der Waals surface area contributed by atoms with E-state index in [0.717, 1.165) is 12.1 Å². The summed E-state index contributed by atoms with van der Waals surface area (Å²) in [5, 5.41) is 0.0980. The fourth-order valence-corrected chi connectivity index (χ4v) is 3.62. The number of fused-ring (bicyclic) bond motifs is 1. The largest absolute Gasteiger partial charge is 0.433 e. The maximum absolute atomic E-state index is 13.0. The first kappa shape index (κ1) is 19.1. The van der Waals surface area contributed by atoms with Gasteiger partial charge in [-0.15, -0.1) is 0 Å². The molecule has 0 saturated carbocycles. The van der Waals surface area contributed by atoms with Gasteiger partial charge in [0.25, 0.3) is 11.5 Å². The maximum atomic E-state index is 13.0. The summed E-state index contributed by atoms with van der Waals surface area (Å²) in [4.78, 5) is 37.1. The molecule has 1 saturated heterocycles. The van der Waals surface area contributed by atoms with Gasteiger partial charge in [0, 0.05) is 37.1 Å². The van der Waals surface area contributed by atoms with Crippen LogP contribution in [0, 0.1) is 0 Å². The van der Waals surface area contributed by atoms with E-state index in [9.17, 15) is 22.8 Å². The number of nitrogens with one attached hydrogen (secondary N) is 1. The van der Waals surface area contributed by atoms with Crippen LogP contribution in [0.2, 0.25) is 0 Å². The number of aromatic amines is 1. The Bertz CT molecular complexity index is 1110. The second kappa shape index (κ2) is 7.31. The van der Waals surface area contributed by atoms with E-state index >= 15 is 0 Å². The predicted molar refractivity (Wildman–Crippen MR) is 99.5 cm³/mol. The highest BCUT2D eigenvalue weighted by Crippen LogP contribution is 2.30. The van der Waals surface area contributed by atoms with E-state index in [4.69, 9.17) is 0 Å². The van der Waals surface area contributed by atoms with E-state index in [2.05, 4.69) is 15.0 Å². The summed E-state index contributed by atoms with van der Waals surface area (Å²) in [5.74, 6) is -0.360. The maximum Gasteiger partial charge on any atom is 0.433 e. The summed E-state index contributed by atoms with van der Waals surface area (Å²) in [6.45, 7) is 0.923. The number of hydrogen-bond acceptors (Lipinski definition) is 4. The number of likely N-dealkylation sites (tertiary alicyclic amines) is 1. The van der Waals surface area contributed by atoms with Crippen molar-refractivity contribution in [2.24, 2.45) is 0 Å². The highest BCUT2D eigenvalue weighted by atomic mass is 19.4. The molecule has 0 aliphatic carbocycles. The van der Waals surface area contributed by atoms with Crippen molar-refractivity contribution in [2.45, 2.75) is 24.9 Å². The van der Waals surface area contributed by atoms with Crippen molar-refractivity contribution in [3.05, 3.63) is 70.0 Å². The first-order chi connectivity index (χ1) is 13.8. The molecule has 0 bridgehead atoms. The van der Waals surface area contributed by atoms with Crippen molar-refractivity contribution in [3.63, 3.8) is 0 Å². The van der Waals surface area contributed by atoms with Crippen molar-refractivity contribution >= 4 is 16.8 Å². The Labute approximate surface area is 163 Å². The Kier molecular flexibility index (Phi) is 4.81. The molecule has 150 valence electrons. The molecule has 6 nitrogen and oxygen atoms in total. The fraction of sp³-hybridized carbons (Fsp3) is 0.300. The van der Waals surface area contributed by atoms with Gasteiger partial charge in [-0.3, -0.25) is 14.6 Å². The van der Waals surface area contributed by atoms with Crippen LogP contribution in [-0.2, 0) is 6.18 Å². The number of amides is 1. The number of aromatic nitrogens is 3. The number of pyridine rings is 3. The number of H-pyrrole nitrogens is 1. The minimum Gasteiger partial charge on any atom is -0.338 e. The summed E-state index contributed by atoms with van der Waals surface area (Å²) in [7, 11) is 0. The molecule has 1 aliphatic heterocycles. The normalized spacial score (nSPS) is 17.5. The lowest BCUT2D eigenvalue weighted by atomic mass is 9.93. The predicted octanol–water partition coefficient (Wildman–Crippen LogP) is 3.36. The number of halogens is 3. The minimum absolute atomic E-state index is 0.00529. The average Bonchev–Trinajstić information content (AvgIpc) is 2.73. The summed E-state index contributed by atoms with van der Waals surface area (Å²) in [5.41, 5.74) is -0.586. The molecule has 3 aromatic heterocycles. The van der Waals surface area contributed by atoms with E-state index in [1.54, 1.807) is 23.2 Å². The van der Waals surface area contributed by atoms with Crippen LogP contribution < -0.4 is 5.56 Å². The van der Waals surface area contributed by atoms with Crippen LogP contribution in [0.4, 0.5) is 13.2 Å². The molecule has 3 aromatic rings. The van der Waals surface area contributed by atoms with Crippen molar-refractivity contribution in [1.82, 2.24) is 19.9 Å². The molecule has 1 N–H and O–H groups in total. The molecule has 1 amide bonds. The lowest BCUT2D eigenvalue weighted by Gasteiger charge is -2.32. The lowest BCUT2D eigenvalue weighted by Crippen LogP contribution is -2.39. The van der Waals surface area contributed by atoms with Crippen LogP contribution in [0.25, 0.3) is 10.9 Å². The number of rotatable bonds is 2. The van der Waals surface area contributed by atoms with Gasteiger partial charge in [-0.1, -0.05) is 0 Å². The second-order valence-electron chi connectivity index (χ2n) is 7.01. The van der Waals surface area contributed by atoms with E-state index in [1.807, 2.05) is 0 Å². The summed E-state index contributed by atoms with van der Waals surface area (Å²) in [6, 6.07) is 6.77. The first-order valence-corrected chi connectivity index (χ1v) is 9.13. The summed E-state index contributed by atoms with van der Waals surface area (Å²) >= 11 is 0. The zero-order valence-corrected chi connectivity index (χ0v) is 15.2. The van der Waals surface area contributed by atoms with Crippen LogP contribution in [0.1, 0.15) is 40.5 Å². The van der Waals surface area contributed by atoms with Gasteiger partial charge in [0.15, 0.2) is 0 Å². The van der Waals surface area contributed by atoms with Crippen molar-refractivity contribution < 1.29 is 18.0 Å². The Hall–Kier alpha value is -3.23.